The van der Waals surface area contributed by atoms with E-state index in [1.165, 1.54) is 7.11 Å². The van der Waals surface area contributed by atoms with Gasteiger partial charge >= 0.3 is 0 Å². The van der Waals surface area contributed by atoms with Crippen molar-refractivity contribution in [1.82, 2.24) is 0 Å². The minimum absolute atomic E-state index is 0.0633. The molecule has 1 saturated heterocycles. The van der Waals surface area contributed by atoms with Gasteiger partial charge in [-0.3, -0.25) is 4.79 Å². The molecule has 0 aromatic carbocycles. The fourth-order valence-electron chi connectivity index (χ4n) is 3.39. The molecule has 1 fully saturated rings. The van der Waals surface area contributed by atoms with E-state index < -0.39 is 36.6 Å². The molecule has 0 radical (unpaired) electrons. The first-order chi connectivity index (χ1) is 14.1. The molecule has 0 amide bonds. The highest BCUT2D eigenvalue weighted by atomic mass is 16.7. The zero-order valence-corrected chi connectivity index (χ0v) is 18.4. The van der Waals surface area contributed by atoms with Crippen LogP contribution in [-0.2, 0) is 19.0 Å². The molecule has 0 aromatic rings. The van der Waals surface area contributed by atoms with Crippen LogP contribution in [0.5, 0.6) is 0 Å². The maximum Gasteiger partial charge on any atom is 0.163 e. The average Bonchev–Trinajstić information content (AvgIpc) is 2.68. The minimum atomic E-state index is -1.22. The Hall–Kier alpha value is -1.26. The fourth-order valence-corrected chi connectivity index (χ4v) is 3.39. The first-order valence-electron chi connectivity index (χ1n) is 10.5. The summed E-state index contributed by atoms with van der Waals surface area (Å²) in [5, 5.41) is 34.2. The van der Waals surface area contributed by atoms with Crippen LogP contribution >= 0.6 is 0 Å². The number of hydrogen-bond acceptors (Lipinski definition) is 8. The predicted octanol–water partition coefficient (Wildman–Crippen LogP) is 1.95. The standard InChI is InChI=1S/C20H37N3O7/c1-20(2,3)16(25)9-7-5-6-8-14-17(26)18(27)15(10-22-23-21)30-19(14)29-12-13(24)11-28-4/h13-15,17-19,24,26-27H,5-12H2,1-4H3. The highest BCUT2D eigenvalue weighted by Crippen LogP contribution is 2.31. The highest BCUT2D eigenvalue weighted by molar-refractivity contribution is 5.83. The normalized spacial score (nSPS) is 28.0. The number of rotatable bonds is 13. The topological polar surface area (TPSA) is 154 Å². The molecule has 1 aliphatic rings. The summed E-state index contributed by atoms with van der Waals surface area (Å²) in [6, 6.07) is 0. The van der Waals surface area contributed by atoms with E-state index in [9.17, 15) is 20.1 Å². The molecule has 30 heavy (non-hydrogen) atoms. The van der Waals surface area contributed by atoms with Gasteiger partial charge in [-0.1, -0.05) is 38.7 Å². The van der Waals surface area contributed by atoms with Crippen LogP contribution in [0.2, 0.25) is 0 Å². The molecule has 10 heteroatoms. The summed E-state index contributed by atoms with van der Waals surface area (Å²) in [7, 11) is 1.46. The van der Waals surface area contributed by atoms with Gasteiger partial charge in [-0.05, 0) is 18.4 Å². The van der Waals surface area contributed by atoms with E-state index in [2.05, 4.69) is 10.0 Å². The van der Waals surface area contributed by atoms with Gasteiger partial charge in [-0.15, -0.1) is 0 Å². The quantitative estimate of drug-likeness (QED) is 0.174. The van der Waals surface area contributed by atoms with Crippen molar-refractivity contribution >= 4 is 5.78 Å². The molecule has 0 saturated carbocycles. The molecule has 6 unspecified atom stereocenters. The Morgan fingerprint density at radius 2 is 1.90 bits per heavy atom. The number of ketones is 1. The second kappa shape index (κ2) is 13.2. The summed E-state index contributed by atoms with van der Waals surface area (Å²) in [5.74, 6) is -0.302. The van der Waals surface area contributed by atoms with Gasteiger partial charge in [0, 0.05) is 29.8 Å². The van der Waals surface area contributed by atoms with E-state index in [4.69, 9.17) is 19.7 Å². The molecular weight excluding hydrogens is 394 g/mol. The molecule has 0 spiro atoms. The van der Waals surface area contributed by atoms with Gasteiger partial charge in [0.05, 0.1) is 32.0 Å². The number of carbonyl (C=O) groups excluding carboxylic acids is 1. The third kappa shape index (κ3) is 8.85. The van der Waals surface area contributed by atoms with Gasteiger partial charge in [0.1, 0.15) is 18.0 Å². The first-order valence-corrected chi connectivity index (χ1v) is 10.5. The van der Waals surface area contributed by atoms with Crippen molar-refractivity contribution in [2.24, 2.45) is 16.4 Å². The van der Waals surface area contributed by atoms with Crippen molar-refractivity contribution < 1.29 is 34.3 Å². The monoisotopic (exact) mass is 431 g/mol. The van der Waals surface area contributed by atoms with Crippen LogP contribution < -0.4 is 0 Å². The van der Waals surface area contributed by atoms with Crippen LogP contribution in [0.3, 0.4) is 0 Å². The second-order valence-corrected chi connectivity index (χ2v) is 8.82. The summed E-state index contributed by atoms with van der Waals surface area (Å²) < 4.78 is 16.3. The summed E-state index contributed by atoms with van der Waals surface area (Å²) in [6.45, 7) is 5.59. The minimum Gasteiger partial charge on any atom is -0.390 e. The van der Waals surface area contributed by atoms with Gasteiger partial charge in [0.2, 0.25) is 0 Å². The molecule has 0 aromatic heterocycles. The third-order valence-electron chi connectivity index (χ3n) is 5.24. The van der Waals surface area contributed by atoms with E-state index in [0.29, 0.717) is 12.8 Å². The van der Waals surface area contributed by atoms with E-state index in [1.807, 2.05) is 20.8 Å². The second-order valence-electron chi connectivity index (χ2n) is 8.82. The predicted molar refractivity (Wildman–Crippen MR) is 110 cm³/mol. The summed E-state index contributed by atoms with van der Waals surface area (Å²) in [5.41, 5.74) is 8.17. The van der Waals surface area contributed by atoms with Gasteiger partial charge in [0.25, 0.3) is 0 Å². The Labute approximate surface area is 178 Å². The summed E-state index contributed by atoms with van der Waals surface area (Å²) in [6.07, 6.45) is -1.69. The molecule has 174 valence electrons. The number of aliphatic hydroxyl groups excluding tert-OH is 3. The lowest BCUT2D eigenvalue weighted by molar-refractivity contribution is -0.284. The van der Waals surface area contributed by atoms with E-state index in [0.717, 1.165) is 19.3 Å². The number of aliphatic hydroxyl groups is 3. The summed E-state index contributed by atoms with van der Waals surface area (Å²) >= 11 is 0. The molecule has 0 aliphatic carbocycles. The maximum atomic E-state index is 12.0. The van der Waals surface area contributed by atoms with Crippen molar-refractivity contribution in [3.05, 3.63) is 10.4 Å². The van der Waals surface area contributed by atoms with Crippen molar-refractivity contribution in [2.45, 2.75) is 83.6 Å². The van der Waals surface area contributed by atoms with Gasteiger partial charge in [-0.25, -0.2) is 0 Å². The summed E-state index contributed by atoms with van der Waals surface area (Å²) in [4.78, 5) is 14.7. The van der Waals surface area contributed by atoms with Crippen LogP contribution in [0.25, 0.3) is 10.4 Å². The van der Waals surface area contributed by atoms with Crippen molar-refractivity contribution in [1.29, 1.82) is 0 Å². The third-order valence-corrected chi connectivity index (χ3v) is 5.24. The van der Waals surface area contributed by atoms with Gasteiger partial charge in [-0.2, -0.15) is 0 Å². The molecule has 1 aliphatic heterocycles. The largest absolute Gasteiger partial charge is 0.390 e. The van der Waals surface area contributed by atoms with Crippen LogP contribution in [0.4, 0.5) is 0 Å². The van der Waals surface area contributed by atoms with Crippen molar-refractivity contribution in [3.63, 3.8) is 0 Å². The Bertz CT molecular complexity index is 563. The Balaban J connectivity index is 2.65. The van der Waals surface area contributed by atoms with Crippen LogP contribution in [-0.4, -0.2) is 78.7 Å². The van der Waals surface area contributed by atoms with E-state index >= 15 is 0 Å². The molecule has 0 bridgehead atoms. The number of azide groups is 1. The number of unbranched alkanes of at least 4 members (excludes halogenated alkanes) is 2. The Kier molecular flexibility index (Phi) is 11.8. The number of ether oxygens (including phenoxy) is 3. The fraction of sp³-hybridized carbons (Fsp3) is 0.950. The molecule has 1 rings (SSSR count). The van der Waals surface area contributed by atoms with Crippen molar-refractivity contribution in [2.75, 3.05) is 26.9 Å². The lowest BCUT2D eigenvalue weighted by Gasteiger charge is -2.42. The Morgan fingerprint density at radius 3 is 2.50 bits per heavy atom. The number of methoxy groups -OCH3 is 1. The first kappa shape index (κ1) is 26.8. The highest BCUT2D eigenvalue weighted by Gasteiger charge is 2.44. The van der Waals surface area contributed by atoms with E-state index in [1.54, 1.807) is 0 Å². The number of nitrogens with zero attached hydrogens (tertiary/aromatic N) is 3. The number of hydrogen-bond donors (Lipinski definition) is 3. The molecule has 10 nitrogen and oxygen atoms in total. The Morgan fingerprint density at radius 1 is 1.20 bits per heavy atom. The number of carbonyl (C=O) groups is 1. The van der Waals surface area contributed by atoms with E-state index in [-0.39, 0.29) is 31.0 Å². The zero-order valence-electron chi connectivity index (χ0n) is 18.4. The molecule has 3 N–H and O–H groups in total. The maximum absolute atomic E-state index is 12.0. The molecule has 6 atom stereocenters. The zero-order chi connectivity index (χ0) is 22.7. The van der Waals surface area contributed by atoms with Gasteiger partial charge in [0.15, 0.2) is 6.29 Å². The van der Waals surface area contributed by atoms with Gasteiger partial charge < -0.3 is 29.5 Å². The van der Waals surface area contributed by atoms with Crippen LogP contribution in [0.15, 0.2) is 5.11 Å². The lowest BCUT2D eigenvalue weighted by atomic mass is 9.85. The lowest BCUT2D eigenvalue weighted by Crippen LogP contribution is -2.56. The smallest absolute Gasteiger partial charge is 0.163 e. The SMILES string of the molecule is COCC(O)COC1OC(CN=[N+]=[N-])C(O)C(O)C1CCCCCC(=O)C(C)(C)C. The molecule has 1 heterocycles. The molecular formula is C20H37N3O7. The van der Waals surface area contributed by atoms with Crippen molar-refractivity contribution in [3.8, 4) is 0 Å². The van der Waals surface area contributed by atoms with Crippen LogP contribution in [0.1, 0.15) is 52.9 Å². The average molecular weight is 432 g/mol. The van der Waals surface area contributed by atoms with Crippen LogP contribution in [0, 0.1) is 11.3 Å². The number of Topliss-reactive ketones (excluding diaryl/α,β-unsaturated/α-hetero) is 1.